The predicted octanol–water partition coefficient (Wildman–Crippen LogP) is 4.13. The highest BCUT2D eigenvalue weighted by atomic mass is 16.5. The highest BCUT2D eigenvalue weighted by molar-refractivity contribution is 6.08. The Kier molecular flexibility index (Phi) is 5.24. The standard InChI is InChI=1S/C19H22N2O3/c1-13-7-5-6-8-16(13)17(22)21-18(23)20-14-9-11-15(12-10-14)24-19(2,3)4/h5-12H,1-4H3,(H2,20,21,22,23). The topological polar surface area (TPSA) is 67.4 Å². The molecule has 2 aromatic rings. The third-order valence-electron chi connectivity index (χ3n) is 3.15. The zero-order valence-corrected chi connectivity index (χ0v) is 14.3. The van der Waals surface area contributed by atoms with Crippen LogP contribution in [0, 0.1) is 6.92 Å². The second-order valence-corrected chi connectivity index (χ2v) is 6.46. The number of hydrogen-bond acceptors (Lipinski definition) is 3. The molecule has 126 valence electrons. The number of carbonyl (C=O) groups excluding carboxylic acids is 2. The quantitative estimate of drug-likeness (QED) is 0.891. The molecule has 0 aliphatic carbocycles. The molecule has 0 aliphatic heterocycles. The SMILES string of the molecule is Cc1ccccc1C(=O)NC(=O)Nc1ccc(OC(C)(C)C)cc1. The van der Waals surface area contributed by atoms with Crippen molar-refractivity contribution in [3.63, 3.8) is 0 Å². The summed E-state index contributed by atoms with van der Waals surface area (Å²) in [6, 6.07) is 13.5. The van der Waals surface area contributed by atoms with E-state index in [9.17, 15) is 9.59 Å². The van der Waals surface area contributed by atoms with Crippen molar-refractivity contribution in [2.45, 2.75) is 33.3 Å². The molecule has 2 rings (SSSR count). The number of nitrogens with one attached hydrogen (secondary N) is 2. The van der Waals surface area contributed by atoms with Gasteiger partial charge < -0.3 is 10.1 Å². The maximum Gasteiger partial charge on any atom is 0.326 e. The van der Waals surface area contributed by atoms with Gasteiger partial charge in [-0.3, -0.25) is 10.1 Å². The van der Waals surface area contributed by atoms with Crippen molar-refractivity contribution in [2.75, 3.05) is 5.32 Å². The van der Waals surface area contributed by atoms with E-state index in [0.717, 1.165) is 5.56 Å². The van der Waals surface area contributed by atoms with E-state index in [0.29, 0.717) is 17.0 Å². The van der Waals surface area contributed by atoms with E-state index in [1.165, 1.54) is 0 Å². The van der Waals surface area contributed by atoms with E-state index < -0.39 is 11.9 Å². The summed E-state index contributed by atoms with van der Waals surface area (Å²) < 4.78 is 5.71. The summed E-state index contributed by atoms with van der Waals surface area (Å²) in [5.41, 5.74) is 1.58. The van der Waals surface area contributed by atoms with Crippen LogP contribution < -0.4 is 15.4 Å². The van der Waals surface area contributed by atoms with Gasteiger partial charge in [-0.25, -0.2) is 4.79 Å². The fourth-order valence-corrected chi connectivity index (χ4v) is 2.12. The van der Waals surface area contributed by atoms with Gasteiger partial charge in [-0.2, -0.15) is 0 Å². The zero-order chi connectivity index (χ0) is 17.7. The number of urea groups is 1. The normalized spacial score (nSPS) is 10.8. The molecule has 0 heterocycles. The Morgan fingerprint density at radius 1 is 0.958 bits per heavy atom. The number of imide groups is 1. The number of carbonyl (C=O) groups is 2. The van der Waals surface area contributed by atoms with Crippen molar-refractivity contribution in [2.24, 2.45) is 0 Å². The van der Waals surface area contributed by atoms with E-state index >= 15 is 0 Å². The fourth-order valence-electron chi connectivity index (χ4n) is 2.12. The number of hydrogen-bond donors (Lipinski definition) is 2. The van der Waals surface area contributed by atoms with Crippen LogP contribution >= 0.6 is 0 Å². The summed E-state index contributed by atoms with van der Waals surface area (Å²) in [7, 11) is 0. The summed E-state index contributed by atoms with van der Waals surface area (Å²) in [4.78, 5) is 24.0. The average molecular weight is 326 g/mol. The second kappa shape index (κ2) is 7.17. The Labute approximate surface area is 142 Å². The lowest BCUT2D eigenvalue weighted by atomic mass is 10.1. The van der Waals surface area contributed by atoms with Crippen LogP contribution in [0.4, 0.5) is 10.5 Å². The molecule has 5 heteroatoms. The van der Waals surface area contributed by atoms with Crippen LogP contribution in [0.1, 0.15) is 36.7 Å². The monoisotopic (exact) mass is 326 g/mol. The molecular formula is C19H22N2O3. The molecule has 0 aromatic heterocycles. The van der Waals surface area contributed by atoms with E-state index in [2.05, 4.69) is 10.6 Å². The molecule has 0 saturated carbocycles. The summed E-state index contributed by atoms with van der Waals surface area (Å²) >= 11 is 0. The molecule has 0 fully saturated rings. The maximum absolute atomic E-state index is 12.1. The Balaban J connectivity index is 1.95. The van der Waals surface area contributed by atoms with Gasteiger partial charge in [0.15, 0.2) is 0 Å². The van der Waals surface area contributed by atoms with Crippen LogP contribution in [0.25, 0.3) is 0 Å². The molecule has 0 radical (unpaired) electrons. The minimum atomic E-state index is -0.576. The fraction of sp³-hybridized carbons (Fsp3) is 0.263. The van der Waals surface area contributed by atoms with Gasteiger partial charge in [0.2, 0.25) is 0 Å². The molecule has 0 saturated heterocycles. The largest absolute Gasteiger partial charge is 0.488 e. The van der Waals surface area contributed by atoms with Crippen molar-refractivity contribution in [1.29, 1.82) is 0 Å². The van der Waals surface area contributed by atoms with E-state index in [4.69, 9.17) is 4.74 Å². The number of amides is 3. The third-order valence-corrected chi connectivity index (χ3v) is 3.15. The number of aryl methyl sites for hydroxylation is 1. The van der Waals surface area contributed by atoms with Gasteiger partial charge in [0, 0.05) is 11.3 Å². The molecule has 0 atom stereocenters. The molecule has 0 bridgehead atoms. The molecule has 3 amide bonds. The molecule has 2 N–H and O–H groups in total. The van der Waals surface area contributed by atoms with Crippen LogP contribution in [0.15, 0.2) is 48.5 Å². The summed E-state index contributed by atoms with van der Waals surface area (Å²) in [5, 5.41) is 4.94. The predicted molar refractivity (Wildman–Crippen MR) is 94.5 cm³/mol. The van der Waals surface area contributed by atoms with Gasteiger partial charge in [0.1, 0.15) is 11.4 Å². The van der Waals surface area contributed by atoms with Crippen molar-refractivity contribution in [3.05, 3.63) is 59.7 Å². The van der Waals surface area contributed by atoms with Crippen molar-refractivity contribution in [1.82, 2.24) is 5.32 Å². The minimum Gasteiger partial charge on any atom is -0.488 e. The first kappa shape index (κ1) is 17.5. The summed E-state index contributed by atoms with van der Waals surface area (Å²) in [5.74, 6) is 0.280. The number of rotatable bonds is 3. The van der Waals surface area contributed by atoms with Crippen LogP contribution in [0.3, 0.4) is 0 Å². The molecule has 0 aliphatic rings. The van der Waals surface area contributed by atoms with Gasteiger partial charge in [-0.15, -0.1) is 0 Å². The Bertz CT molecular complexity index is 731. The molecule has 5 nitrogen and oxygen atoms in total. The highest BCUT2D eigenvalue weighted by Gasteiger charge is 2.13. The number of anilines is 1. The van der Waals surface area contributed by atoms with E-state index in [1.54, 1.807) is 36.4 Å². The first-order valence-electron chi connectivity index (χ1n) is 7.72. The van der Waals surface area contributed by atoms with Crippen LogP contribution in [-0.4, -0.2) is 17.5 Å². The van der Waals surface area contributed by atoms with E-state index in [1.807, 2.05) is 39.8 Å². The van der Waals surface area contributed by atoms with Gasteiger partial charge in [0.05, 0.1) is 0 Å². The lowest BCUT2D eigenvalue weighted by Gasteiger charge is -2.21. The van der Waals surface area contributed by atoms with Crippen molar-refractivity contribution in [3.8, 4) is 5.75 Å². The lowest BCUT2D eigenvalue weighted by molar-refractivity contribution is 0.0966. The first-order valence-corrected chi connectivity index (χ1v) is 7.72. The third kappa shape index (κ3) is 5.12. The van der Waals surface area contributed by atoms with Gasteiger partial charge in [0.25, 0.3) is 5.91 Å². The van der Waals surface area contributed by atoms with Crippen LogP contribution in [0.5, 0.6) is 5.75 Å². The Hall–Kier alpha value is -2.82. The van der Waals surface area contributed by atoms with Crippen LogP contribution in [0.2, 0.25) is 0 Å². The highest BCUT2D eigenvalue weighted by Crippen LogP contribution is 2.20. The van der Waals surface area contributed by atoms with Gasteiger partial charge >= 0.3 is 6.03 Å². The smallest absolute Gasteiger partial charge is 0.326 e. The lowest BCUT2D eigenvalue weighted by Crippen LogP contribution is -2.34. The molecule has 0 unspecified atom stereocenters. The van der Waals surface area contributed by atoms with Crippen molar-refractivity contribution < 1.29 is 14.3 Å². The minimum absolute atomic E-state index is 0.285. The zero-order valence-electron chi connectivity index (χ0n) is 14.3. The summed E-state index contributed by atoms with van der Waals surface area (Å²) in [6.07, 6.45) is 0. The molecular weight excluding hydrogens is 304 g/mol. The summed E-state index contributed by atoms with van der Waals surface area (Å²) in [6.45, 7) is 7.71. The molecule has 0 spiro atoms. The maximum atomic E-state index is 12.1. The van der Waals surface area contributed by atoms with Crippen LogP contribution in [-0.2, 0) is 0 Å². The van der Waals surface area contributed by atoms with Gasteiger partial charge in [-0.1, -0.05) is 18.2 Å². The molecule has 24 heavy (non-hydrogen) atoms. The Morgan fingerprint density at radius 2 is 1.58 bits per heavy atom. The second-order valence-electron chi connectivity index (χ2n) is 6.46. The number of ether oxygens (including phenoxy) is 1. The van der Waals surface area contributed by atoms with Crippen molar-refractivity contribution >= 4 is 17.6 Å². The average Bonchev–Trinajstić information content (AvgIpc) is 2.48. The van der Waals surface area contributed by atoms with Gasteiger partial charge in [-0.05, 0) is 63.6 Å². The van der Waals surface area contributed by atoms with E-state index in [-0.39, 0.29) is 5.60 Å². The number of benzene rings is 2. The molecule has 2 aromatic carbocycles. The Morgan fingerprint density at radius 3 is 2.17 bits per heavy atom. The first-order chi connectivity index (χ1) is 11.2.